The van der Waals surface area contributed by atoms with E-state index >= 15 is 0 Å². The number of aromatic nitrogens is 2. The summed E-state index contributed by atoms with van der Waals surface area (Å²) < 4.78 is 0. The molecule has 0 spiro atoms. The van der Waals surface area contributed by atoms with Gasteiger partial charge in [0.1, 0.15) is 17.0 Å². The molecule has 0 atom stereocenters. The van der Waals surface area contributed by atoms with Crippen LogP contribution in [0.25, 0.3) is 22.3 Å². The molecule has 0 aliphatic heterocycles. The molecule has 88 valence electrons. The number of halogens is 1. The number of nitrogens with zero attached hydrogens (tertiary/aromatic N) is 2. The molecule has 3 nitrogen and oxygen atoms in total. The van der Waals surface area contributed by atoms with Crippen LogP contribution >= 0.6 is 11.6 Å². The second kappa shape index (κ2) is 4.27. The van der Waals surface area contributed by atoms with E-state index in [1.165, 1.54) is 0 Å². The molecule has 3 rings (SSSR count). The van der Waals surface area contributed by atoms with Crippen molar-refractivity contribution in [1.29, 1.82) is 0 Å². The Hall–Kier alpha value is -2.13. The molecule has 0 radical (unpaired) electrons. The Bertz CT molecular complexity index is 714. The SMILES string of the molecule is Oc1cccc2cc(Cl)c(-c3ccccn3)nc12. The van der Waals surface area contributed by atoms with Crippen molar-refractivity contribution in [1.82, 2.24) is 9.97 Å². The highest BCUT2D eigenvalue weighted by Crippen LogP contribution is 2.31. The first kappa shape index (κ1) is 11.0. The van der Waals surface area contributed by atoms with Crippen molar-refractivity contribution < 1.29 is 5.11 Å². The second-order valence-electron chi connectivity index (χ2n) is 3.88. The number of benzene rings is 1. The van der Waals surface area contributed by atoms with Gasteiger partial charge < -0.3 is 5.11 Å². The number of rotatable bonds is 1. The van der Waals surface area contributed by atoms with Gasteiger partial charge in [-0.15, -0.1) is 0 Å². The zero-order chi connectivity index (χ0) is 12.5. The summed E-state index contributed by atoms with van der Waals surface area (Å²) in [4.78, 5) is 8.62. The Kier molecular flexibility index (Phi) is 2.61. The lowest BCUT2D eigenvalue weighted by Gasteiger charge is -2.06. The molecule has 0 unspecified atom stereocenters. The van der Waals surface area contributed by atoms with E-state index in [1.807, 2.05) is 24.3 Å². The largest absolute Gasteiger partial charge is 0.506 e. The third-order valence-corrected chi connectivity index (χ3v) is 2.97. The summed E-state index contributed by atoms with van der Waals surface area (Å²) in [5.74, 6) is 0.140. The number of para-hydroxylation sites is 1. The van der Waals surface area contributed by atoms with Crippen LogP contribution in [0.15, 0.2) is 48.7 Å². The first-order chi connectivity index (χ1) is 8.75. The number of phenols is 1. The van der Waals surface area contributed by atoms with Crippen LogP contribution in [0.3, 0.4) is 0 Å². The van der Waals surface area contributed by atoms with Crippen LogP contribution in [0.4, 0.5) is 0 Å². The minimum absolute atomic E-state index is 0.140. The Morgan fingerprint density at radius 2 is 1.94 bits per heavy atom. The number of aromatic hydroxyl groups is 1. The van der Waals surface area contributed by atoms with Gasteiger partial charge in [-0.1, -0.05) is 29.8 Å². The van der Waals surface area contributed by atoms with E-state index in [2.05, 4.69) is 9.97 Å². The minimum atomic E-state index is 0.140. The van der Waals surface area contributed by atoms with Gasteiger partial charge in [-0.05, 0) is 24.3 Å². The van der Waals surface area contributed by atoms with Crippen LogP contribution < -0.4 is 0 Å². The number of pyridine rings is 2. The third kappa shape index (κ3) is 1.79. The Labute approximate surface area is 109 Å². The fourth-order valence-electron chi connectivity index (χ4n) is 1.84. The van der Waals surface area contributed by atoms with Crippen molar-refractivity contribution in [3.8, 4) is 17.1 Å². The van der Waals surface area contributed by atoms with E-state index in [9.17, 15) is 5.11 Å². The molecule has 2 heterocycles. The van der Waals surface area contributed by atoms with Gasteiger partial charge in [0, 0.05) is 11.6 Å². The molecule has 0 aliphatic rings. The van der Waals surface area contributed by atoms with Crippen LogP contribution in [0, 0.1) is 0 Å². The van der Waals surface area contributed by atoms with Crippen LogP contribution in [-0.4, -0.2) is 15.1 Å². The minimum Gasteiger partial charge on any atom is -0.506 e. The number of fused-ring (bicyclic) bond motifs is 1. The van der Waals surface area contributed by atoms with Crippen molar-refractivity contribution >= 4 is 22.5 Å². The van der Waals surface area contributed by atoms with Crippen LogP contribution in [-0.2, 0) is 0 Å². The summed E-state index contributed by atoms with van der Waals surface area (Å²) in [6.07, 6.45) is 1.68. The van der Waals surface area contributed by atoms with E-state index in [-0.39, 0.29) is 5.75 Å². The molecule has 0 saturated heterocycles. The maximum Gasteiger partial charge on any atom is 0.141 e. The maximum absolute atomic E-state index is 9.81. The molecule has 3 aromatic rings. The van der Waals surface area contributed by atoms with Gasteiger partial charge in [0.15, 0.2) is 0 Å². The molecule has 1 N–H and O–H groups in total. The van der Waals surface area contributed by atoms with Gasteiger partial charge in [-0.25, -0.2) is 4.98 Å². The topological polar surface area (TPSA) is 46.0 Å². The molecule has 1 aromatic carbocycles. The number of phenolic OH excluding ortho intramolecular Hbond substituents is 1. The molecular weight excluding hydrogens is 248 g/mol. The van der Waals surface area contributed by atoms with Crippen LogP contribution in [0.5, 0.6) is 5.75 Å². The van der Waals surface area contributed by atoms with E-state index < -0.39 is 0 Å². The van der Waals surface area contributed by atoms with Gasteiger partial charge in [-0.3, -0.25) is 4.98 Å². The third-order valence-electron chi connectivity index (χ3n) is 2.69. The molecule has 0 bridgehead atoms. The summed E-state index contributed by atoms with van der Waals surface area (Å²) in [7, 11) is 0. The second-order valence-corrected chi connectivity index (χ2v) is 4.29. The van der Waals surface area contributed by atoms with Crippen molar-refractivity contribution in [3.05, 3.63) is 53.7 Å². The fraction of sp³-hybridized carbons (Fsp3) is 0. The normalized spacial score (nSPS) is 10.7. The molecule has 18 heavy (non-hydrogen) atoms. The van der Waals surface area contributed by atoms with Crippen molar-refractivity contribution in [2.75, 3.05) is 0 Å². The number of hydrogen-bond acceptors (Lipinski definition) is 3. The molecule has 4 heteroatoms. The van der Waals surface area contributed by atoms with E-state index in [1.54, 1.807) is 24.4 Å². The average Bonchev–Trinajstić information content (AvgIpc) is 2.39. The zero-order valence-corrected chi connectivity index (χ0v) is 10.1. The first-order valence-electron chi connectivity index (χ1n) is 5.45. The average molecular weight is 257 g/mol. The van der Waals surface area contributed by atoms with Gasteiger partial charge >= 0.3 is 0 Å². The van der Waals surface area contributed by atoms with Crippen LogP contribution in [0.2, 0.25) is 5.02 Å². The molecule has 0 aliphatic carbocycles. The Balaban J connectivity index is 2.31. The monoisotopic (exact) mass is 256 g/mol. The van der Waals surface area contributed by atoms with E-state index in [4.69, 9.17) is 11.6 Å². The quantitative estimate of drug-likeness (QED) is 0.723. The Morgan fingerprint density at radius 3 is 2.72 bits per heavy atom. The standard InChI is InChI=1S/C14H9ClN2O/c15-10-8-9-4-3-6-12(18)13(9)17-14(10)11-5-1-2-7-16-11/h1-8,18H. The molecular formula is C14H9ClN2O. The molecule has 2 aromatic heterocycles. The summed E-state index contributed by atoms with van der Waals surface area (Å²) >= 11 is 6.21. The first-order valence-corrected chi connectivity index (χ1v) is 5.83. The van der Waals surface area contributed by atoms with Gasteiger partial charge in [-0.2, -0.15) is 0 Å². The summed E-state index contributed by atoms with van der Waals surface area (Å²) in [5.41, 5.74) is 1.79. The summed E-state index contributed by atoms with van der Waals surface area (Å²) in [6, 6.07) is 12.5. The molecule has 0 fully saturated rings. The highest BCUT2D eigenvalue weighted by molar-refractivity contribution is 6.33. The van der Waals surface area contributed by atoms with Gasteiger partial charge in [0.05, 0.1) is 10.7 Å². The highest BCUT2D eigenvalue weighted by Gasteiger charge is 2.10. The number of hydrogen-bond donors (Lipinski definition) is 1. The summed E-state index contributed by atoms with van der Waals surface area (Å²) in [6.45, 7) is 0. The van der Waals surface area contributed by atoms with Crippen LogP contribution in [0.1, 0.15) is 0 Å². The molecule has 0 amide bonds. The van der Waals surface area contributed by atoms with Crippen molar-refractivity contribution in [3.63, 3.8) is 0 Å². The van der Waals surface area contributed by atoms with Crippen molar-refractivity contribution in [2.45, 2.75) is 0 Å². The van der Waals surface area contributed by atoms with Gasteiger partial charge in [0.2, 0.25) is 0 Å². The predicted molar refractivity (Wildman–Crippen MR) is 71.6 cm³/mol. The lowest BCUT2D eigenvalue weighted by atomic mass is 10.1. The predicted octanol–water partition coefficient (Wildman–Crippen LogP) is 3.66. The molecule has 0 saturated carbocycles. The van der Waals surface area contributed by atoms with Crippen molar-refractivity contribution in [2.24, 2.45) is 0 Å². The lowest BCUT2D eigenvalue weighted by molar-refractivity contribution is 0.480. The lowest BCUT2D eigenvalue weighted by Crippen LogP contribution is -1.90. The van der Waals surface area contributed by atoms with E-state index in [0.29, 0.717) is 21.9 Å². The van der Waals surface area contributed by atoms with Gasteiger partial charge in [0.25, 0.3) is 0 Å². The Morgan fingerprint density at radius 1 is 1.06 bits per heavy atom. The maximum atomic E-state index is 9.81. The fourth-order valence-corrected chi connectivity index (χ4v) is 2.10. The van der Waals surface area contributed by atoms with E-state index in [0.717, 1.165) is 5.39 Å². The zero-order valence-electron chi connectivity index (χ0n) is 9.34. The smallest absolute Gasteiger partial charge is 0.141 e. The summed E-state index contributed by atoms with van der Waals surface area (Å²) in [5, 5.41) is 11.1. The highest BCUT2D eigenvalue weighted by atomic mass is 35.5.